The number of hydrogen-bond donors (Lipinski definition) is 1. The molecule has 1 aromatic heterocycles. The van der Waals surface area contributed by atoms with Gasteiger partial charge in [0.05, 0.1) is 17.9 Å². The fourth-order valence-corrected chi connectivity index (χ4v) is 2.59. The SMILES string of the molecule is CCN1CN(C(=O)Nc2ccc(-n3cncn3)c(C(F)(F)F)c2)CC1=O. The Bertz CT molecular complexity index is 821. The molecule has 3 rings (SSSR count). The van der Waals surface area contributed by atoms with Crippen molar-refractivity contribution < 1.29 is 22.8 Å². The summed E-state index contributed by atoms with van der Waals surface area (Å²) < 4.78 is 41.1. The molecule has 1 saturated heterocycles. The first kappa shape index (κ1) is 17.7. The summed E-state index contributed by atoms with van der Waals surface area (Å²) in [6.07, 6.45) is -2.37. The zero-order chi connectivity index (χ0) is 18.9. The first-order valence-corrected chi connectivity index (χ1v) is 7.69. The highest BCUT2D eigenvalue weighted by Crippen LogP contribution is 2.35. The second kappa shape index (κ2) is 6.65. The predicted octanol–water partition coefficient (Wildman–Crippen LogP) is 1.94. The van der Waals surface area contributed by atoms with E-state index in [1.165, 1.54) is 21.9 Å². The normalized spacial score (nSPS) is 14.8. The number of amides is 3. The third kappa shape index (κ3) is 3.46. The quantitative estimate of drug-likeness (QED) is 0.898. The highest BCUT2D eigenvalue weighted by molar-refractivity contribution is 5.94. The van der Waals surface area contributed by atoms with Crippen LogP contribution in [-0.4, -0.2) is 56.3 Å². The Morgan fingerprint density at radius 2 is 2.12 bits per heavy atom. The van der Waals surface area contributed by atoms with Gasteiger partial charge in [-0.1, -0.05) is 0 Å². The number of likely N-dealkylation sites (N-methyl/N-ethyl adjacent to an activating group) is 1. The summed E-state index contributed by atoms with van der Waals surface area (Å²) in [6.45, 7) is 2.22. The number of nitrogens with zero attached hydrogens (tertiary/aromatic N) is 5. The number of nitrogens with one attached hydrogen (secondary N) is 1. The minimum atomic E-state index is -4.65. The van der Waals surface area contributed by atoms with Gasteiger partial charge in [-0.05, 0) is 25.1 Å². The molecule has 1 aliphatic heterocycles. The minimum absolute atomic E-state index is 0.0337. The fourth-order valence-electron chi connectivity index (χ4n) is 2.59. The van der Waals surface area contributed by atoms with E-state index < -0.39 is 17.8 Å². The second-order valence-corrected chi connectivity index (χ2v) is 5.59. The average Bonchev–Trinajstić information content (AvgIpc) is 3.23. The van der Waals surface area contributed by atoms with E-state index in [1.54, 1.807) is 6.92 Å². The van der Waals surface area contributed by atoms with Crippen LogP contribution in [0.15, 0.2) is 30.9 Å². The fraction of sp³-hybridized carbons (Fsp3) is 0.333. The molecule has 26 heavy (non-hydrogen) atoms. The highest BCUT2D eigenvalue weighted by atomic mass is 19.4. The van der Waals surface area contributed by atoms with E-state index in [2.05, 4.69) is 15.4 Å². The maximum absolute atomic E-state index is 13.4. The van der Waals surface area contributed by atoms with Crippen molar-refractivity contribution in [1.82, 2.24) is 24.6 Å². The molecule has 0 spiro atoms. The lowest BCUT2D eigenvalue weighted by Crippen LogP contribution is -2.34. The number of urea groups is 1. The summed E-state index contributed by atoms with van der Waals surface area (Å²) >= 11 is 0. The molecular formula is C15H15F3N6O2. The Morgan fingerprint density at radius 3 is 2.69 bits per heavy atom. The van der Waals surface area contributed by atoms with Crippen LogP contribution in [0.5, 0.6) is 0 Å². The Morgan fingerprint density at radius 1 is 1.35 bits per heavy atom. The van der Waals surface area contributed by atoms with Gasteiger partial charge in [0.25, 0.3) is 0 Å². The number of anilines is 1. The van der Waals surface area contributed by atoms with Crippen LogP contribution >= 0.6 is 0 Å². The van der Waals surface area contributed by atoms with Crippen molar-refractivity contribution in [1.29, 1.82) is 0 Å². The Kier molecular flexibility index (Phi) is 4.53. The monoisotopic (exact) mass is 368 g/mol. The molecule has 3 amide bonds. The molecule has 0 unspecified atom stereocenters. The maximum Gasteiger partial charge on any atom is 0.418 e. The van der Waals surface area contributed by atoms with Crippen LogP contribution in [-0.2, 0) is 11.0 Å². The summed E-state index contributed by atoms with van der Waals surface area (Å²) in [6, 6.07) is 2.71. The number of alkyl halides is 3. The molecule has 1 aromatic carbocycles. The van der Waals surface area contributed by atoms with E-state index in [4.69, 9.17) is 0 Å². The predicted molar refractivity (Wildman–Crippen MR) is 84.3 cm³/mol. The van der Waals surface area contributed by atoms with E-state index in [-0.39, 0.29) is 30.5 Å². The number of benzene rings is 1. The molecule has 11 heteroatoms. The van der Waals surface area contributed by atoms with Gasteiger partial charge in [0, 0.05) is 12.2 Å². The largest absolute Gasteiger partial charge is 0.418 e. The van der Waals surface area contributed by atoms with Crippen molar-refractivity contribution in [2.75, 3.05) is 25.1 Å². The van der Waals surface area contributed by atoms with Gasteiger partial charge in [0.1, 0.15) is 19.2 Å². The van der Waals surface area contributed by atoms with Gasteiger partial charge in [-0.2, -0.15) is 18.3 Å². The van der Waals surface area contributed by atoms with Crippen LogP contribution in [0.2, 0.25) is 0 Å². The van der Waals surface area contributed by atoms with Crippen LogP contribution < -0.4 is 5.32 Å². The molecule has 1 N–H and O–H groups in total. The summed E-state index contributed by atoms with van der Waals surface area (Å²) in [5.74, 6) is -0.208. The van der Waals surface area contributed by atoms with Crippen LogP contribution in [0.4, 0.5) is 23.7 Å². The van der Waals surface area contributed by atoms with Gasteiger partial charge < -0.3 is 10.2 Å². The van der Waals surface area contributed by atoms with Crippen molar-refractivity contribution in [3.8, 4) is 5.69 Å². The first-order chi connectivity index (χ1) is 12.3. The molecule has 0 bridgehead atoms. The Labute approximate surface area is 146 Å². The minimum Gasteiger partial charge on any atom is -0.324 e. The standard InChI is InChI=1S/C15H15F3N6O2/c1-2-22-9-23(6-13(22)25)14(26)21-10-3-4-12(24-8-19-7-20-24)11(5-10)15(16,17)18/h3-5,7-8H,2,6,9H2,1H3,(H,21,26). The highest BCUT2D eigenvalue weighted by Gasteiger charge is 2.35. The molecule has 2 aromatic rings. The van der Waals surface area contributed by atoms with Crippen LogP contribution in [0.1, 0.15) is 12.5 Å². The molecule has 0 saturated carbocycles. The number of aromatic nitrogens is 3. The lowest BCUT2D eigenvalue weighted by Gasteiger charge is -2.18. The van der Waals surface area contributed by atoms with E-state index in [9.17, 15) is 22.8 Å². The molecule has 2 heterocycles. The van der Waals surface area contributed by atoms with Crippen LogP contribution in [0, 0.1) is 0 Å². The second-order valence-electron chi connectivity index (χ2n) is 5.59. The number of carbonyl (C=O) groups excluding carboxylic acids is 2. The number of hydrogen-bond acceptors (Lipinski definition) is 4. The van der Waals surface area contributed by atoms with Crippen molar-refractivity contribution in [3.63, 3.8) is 0 Å². The van der Waals surface area contributed by atoms with Gasteiger partial charge in [0.15, 0.2) is 0 Å². The Hall–Kier alpha value is -3.11. The van der Waals surface area contributed by atoms with Gasteiger partial charge in [0.2, 0.25) is 5.91 Å². The van der Waals surface area contributed by atoms with Crippen molar-refractivity contribution in [3.05, 3.63) is 36.4 Å². The average molecular weight is 368 g/mol. The van der Waals surface area contributed by atoms with Gasteiger partial charge in [-0.25, -0.2) is 14.5 Å². The molecule has 0 radical (unpaired) electrons. The van der Waals surface area contributed by atoms with Crippen molar-refractivity contribution in [2.45, 2.75) is 13.1 Å². The van der Waals surface area contributed by atoms with Gasteiger partial charge >= 0.3 is 12.2 Å². The van der Waals surface area contributed by atoms with E-state index >= 15 is 0 Å². The summed E-state index contributed by atoms with van der Waals surface area (Å²) in [5.41, 5.74) is -1.21. The van der Waals surface area contributed by atoms with Crippen LogP contribution in [0.3, 0.4) is 0 Å². The molecule has 1 fully saturated rings. The lowest BCUT2D eigenvalue weighted by atomic mass is 10.1. The summed E-state index contributed by atoms with van der Waals surface area (Å²) in [5, 5.41) is 6.10. The molecular weight excluding hydrogens is 353 g/mol. The number of carbonyl (C=O) groups is 2. The molecule has 0 atom stereocenters. The zero-order valence-electron chi connectivity index (χ0n) is 13.7. The lowest BCUT2D eigenvalue weighted by molar-refractivity contribution is -0.137. The van der Waals surface area contributed by atoms with E-state index in [1.807, 2.05) is 0 Å². The van der Waals surface area contributed by atoms with Gasteiger partial charge in [-0.3, -0.25) is 9.69 Å². The topological polar surface area (TPSA) is 83.4 Å². The Balaban J connectivity index is 1.83. The zero-order valence-corrected chi connectivity index (χ0v) is 13.7. The molecule has 0 aliphatic carbocycles. The molecule has 138 valence electrons. The van der Waals surface area contributed by atoms with E-state index in [0.717, 1.165) is 23.4 Å². The summed E-state index contributed by atoms with van der Waals surface area (Å²) in [7, 11) is 0. The third-order valence-electron chi connectivity index (χ3n) is 3.91. The summed E-state index contributed by atoms with van der Waals surface area (Å²) in [4.78, 5) is 30.2. The van der Waals surface area contributed by atoms with Crippen molar-refractivity contribution in [2.24, 2.45) is 0 Å². The molecule has 1 aliphatic rings. The number of halogens is 3. The van der Waals surface area contributed by atoms with Gasteiger partial charge in [-0.15, -0.1) is 0 Å². The van der Waals surface area contributed by atoms with Crippen LogP contribution in [0.25, 0.3) is 5.69 Å². The third-order valence-corrected chi connectivity index (χ3v) is 3.91. The first-order valence-electron chi connectivity index (χ1n) is 7.69. The maximum atomic E-state index is 13.4. The number of rotatable bonds is 3. The van der Waals surface area contributed by atoms with Crippen molar-refractivity contribution >= 4 is 17.6 Å². The smallest absolute Gasteiger partial charge is 0.324 e. The van der Waals surface area contributed by atoms with E-state index in [0.29, 0.717) is 6.54 Å². The molecule has 8 nitrogen and oxygen atoms in total.